The highest BCUT2D eigenvalue weighted by Gasteiger charge is 2.17. The monoisotopic (exact) mass is 312 g/mol. The number of nitrogens with one attached hydrogen (secondary N) is 2. The van der Waals surface area contributed by atoms with Gasteiger partial charge >= 0.3 is 0 Å². The van der Waals surface area contributed by atoms with Crippen LogP contribution in [0.2, 0.25) is 0 Å². The van der Waals surface area contributed by atoms with Crippen molar-refractivity contribution in [2.45, 2.75) is 19.4 Å². The Labute approximate surface area is 130 Å². The normalized spacial score (nSPS) is 12.0. The van der Waals surface area contributed by atoms with Crippen LogP contribution in [0.5, 0.6) is 0 Å². The lowest BCUT2D eigenvalue weighted by atomic mass is 10.2. The van der Waals surface area contributed by atoms with Crippen molar-refractivity contribution in [3.05, 3.63) is 46.9 Å². The summed E-state index contributed by atoms with van der Waals surface area (Å²) in [5.74, 6) is -0.331. The Balaban J connectivity index is 2.13. The number of fused-ring (bicyclic) bond motifs is 1. The molecule has 7 nitrogen and oxygen atoms in total. The van der Waals surface area contributed by atoms with Gasteiger partial charge < -0.3 is 10.3 Å². The highest BCUT2D eigenvalue weighted by atomic mass is 19.1. The molecule has 116 valence electrons. The van der Waals surface area contributed by atoms with Crippen LogP contribution in [0.15, 0.2) is 35.4 Å². The van der Waals surface area contributed by atoms with Gasteiger partial charge in [-0.25, -0.2) is 4.98 Å². The molecule has 1 atom stereocenters. The van der Waals surface area contributed by atoms with E-state index in [-0.39, 0.29) is 18.0 Å². The van der Waals surface area contributed by atoms with Gasteiger partial charge in [0.2, 0.25) is 5.95 Å². The first-order valence-electron chi connectivity index (χ1n) is 6.95. The molecule has 0 aliphatic rings. The minimum Gasteiger partial charge on any atom is -0.338 e. The van der Waals surface area contributed by atoms with Crippen molar-refractivity contribution < 1.29 is 4.39 Å². The lowest BCUT2D eigenvalue weighted by molar-refractivity contribution is 0.518. The van der Waals surface area contributed by atoms with Crippen molar-refractivity contribution in [3.8, 4) is 6.07 Å². The maximum absolute atomic E-state index is 13.2. The summed E-state index contributed by atoms with van der Waals surface area (Å²) in [6.45, 7) is 1.84. The third-order valence-corrected chi connectivity index (χ3v) is 3.42. The summed E-state index contributed by atoms with van der Waals surface area (Å²) >= 11 is 0. The van der Waals surface area contributed by atoms with Crippen molar-refractivity contribution in [2.24, 2.45) is 0 Å². The molecule has 3 aromatic rings. The molecule has 0 aliphatic carbocycles. The summed E-state index contributed by atoms with van der Waals surface area (Å²) in [7, 11) is 0. The highest BCUT2D eigenvalue weighted by Crippen LogP contribution is 2.26. The second kappa shape index (κ2) is 5.88. The van der Waals surface area contributed by atoms with Gasteiger partial charge in [0, 0.05) is 24.1 Å². The quantitative estimate of drug-likeness (QED) is 0.721. The second-order valence-electron chi connectivity index (χ2n) is 5.06. The minimum atomic E-state index is -0.634. The van der Waals surface area contributed by atoms with Gasteiger partial charge in [-0.2, -0.15) is 14.8 Å². The minimum absolute atomic E-state index is 0.200. The van der Waals surface area contributed by atoms with Gasteiger partial charge in [0.25, 0.3) is 5.56 Å². The smallest absolute Gasteiger partial charge is 0.261 e. The number of hydrogen-bond acceptors (Lipinski definition) is 5. The van der Waals surface area contributed by atoms with E-state index in [1.165, 1.54) is 18.5 Å². The predicted octanol–water partition coefficient (Wildman–Crippen LogP) is 2.48. The topological polar surface area (TPSA) is 99.4 Å². The molecule has 0 amide bonds. The lowest BCUT2D eigenvalue weighted by Crippen LogP contribution is -2.08. The van der Waals surface area contributed by atoms with E-state index in [1.807, 2.05) is 6.92 Å². The van der Waals surface area contributed by atoms with Gasteiger partial charge in [0.1, 0.15) is 5.39 Å². The van der Waals surface area contributed by atoms with Crippen molar-refractivity contribution in [1.82, 2.24) is 19.7 Å². The zero-order valence-corrected chi connectivity index (χ0v) is 12.2. The molecule has 0 aliphatic heterocycles. The van der Waals surface area contributed by atoms with Gasteiger partial charge in [-0.3, -0.25) is 9.48 Å². The van der Waals surface area contributed by atoms with Gasteiger partial charge in [-0.05, 0) is 19.1 Å². The second-order valence-corrected chi connectivity index (χ2v) is 5.06. The van der Waals surface area contributed by atoms with Gasteiger partial charge in [-0.1, -0.05) is 0 Å². The van der Waals surface area contributed by atoms with E-state index in [9.17, 15) is 9.18 Å². The molecule has 0 spiro atoms. The molecule has 0 aromatic carbocycles. The molecule has 3 rings (SSSR count). The number of pyridine rings is 2. The molecule has 2 N–H and O–H groups in total. The highest BCUT2D eigenvalue weighted by molar-refractivity contribution is 5.91. The number of hydrogen-bond donors (Lipinski definition) is 2. The first kappa shape index (κ1) is 14.7. The standard InChI is InChI=1S/C15H13FN6O/c1-9(2-5-17)22-11-4-7-19-15(23)13(11)14(21-22)20-10-3-6-18-12(16)8-10/h3-4,6-9H,2H2,1H3,(H,19,23)(H,18,20,21)/t9-/m0/s1. The molecule has 0 unspecified atom stereocenters. The summed E-state index contributed by atoms with van der Waals surface area (Å²) in [5, 5.41) is 16.5. The average molecular weight is 312 g/mol. The zero-order chi connectivity index (χ0) is 16.4. The molecule has 8 heteroatoms. The summed E-state index contributed by atoms with van der Waals surface area (Å²) in [5.41, 5.74) is 0.726. The Hall–Kier alpha value is -3.21. The Bertz CT molecular complexity index is 954. The fourth-order valence-electron chi connectivity index (χ4n) is 2.36. The number of anilines is 2. The van der Waals surface area contributed by atoms with E-state index in [1.54, 1.807) is 16.8 Å². The predicted molar refractivity (Wildman–Crippen MR) is 82.8 cm³/mol. The van der Waals surface area contributed by atoms with Crippen molar-refractivity contribution >= 4 is 22.4 Å². The number of rotatable bonds is 4. The maximum Gasteiger partial charge on any atom is 0.261 e. The molecule has 23 heavy (non-hydrogen) atoms. The van der Waals surface area contributed by atoms with Crippen LogP contribution in [-0.4, -0.2) is 19.7 Å². The van der Waals surface area contributed by atoms with E-state index in [0.29, 0.717) is 22.4 Å². The first-order chi connectivity index (χ1) is 11.1. The SMILES string of the molecule is C[C@@H](CC#N)n1nc(Nc2ccnc(F)c2)c2c(=O)[nH]ccc21. The largest absolute Gasteiger partial charge is 0.338 e. The van der Waals surface area contributed by atoms with E-state index < -0.39 is 5.95 Å². The summed E-state index contributed by atoms with van der Waals surface area (Å²) in [4.78, 5) is 18.2. The summed E-state index contributed by atoms with van der Waals surface area (Å²) < 4.78 is 14.8. The summed E-state index contributed by atoms with van der Waals surface area (Å²) in [6.07, 6.45) is 3.10. The van der Waals surface area contributed by atoms with Crippen LogP contribution in [0.1, 0.15) is 19.4 Å². The molecule has 0 bridgehead atoms. The van der Waals surface area contributed by atoms with Gasteiger partial charge in [-0.15, -0.1) is 0 Å². The maximum atomic E-state index is 13.2. The Morgan fingerprint density at radius 3 is 3.09 bits per heavy atom. The van der Waals surface area contributed by atoms with Crippen LogP contribution in [0.3, 0.4) is 0 Å². The van der Waals surface area contributed by atoms with E-state index in [0.717, 1.165) is 0 Å². The van der Waals surface area contributed by atoms with Crippen LogP contribution in [-0.2, 0) is 0 Å². The third kappa shape index (κ3) is 2.76. The molecule has 3 aromatic heterocycles. The van der Waals surface area contributed by atoms with Crippen molar-refractivity contribution in [3.63, 3.8) is 0 Å². The molecule has 0 saturated carbocycles. The number of nitrogens with zero attached hydrogens (tertiary/aromatic N) is 4. The van der Waals surface area contributed by atoms with E-state index in [4.69, 9.17) is 5.26 Å². The molecular weight excluding hydrogens is 299 g/mol. The number of aromatic nitrogens is 4. The first-order valence-corrected chi connectivity index (χ1v) is 6.95. The molecule has 0 saturated heterocycles. The number of aromatic amines is 1. The van der Waals surface area contributed by atoms with Crippen LogP contribution < -0.4 is 10.9 Å². The van der Waals surface area contributed by atoms with Crippen LogP contribution in [0, 0.1) is 17.3 Å². The zero-order valence-electron chi connectivity index (χ0n) is 12.2. The van der Waals surface area contributed by atoms with Gasteiger partial charge in [0.05, 0.1) is 24.0 Å². The third-order valence-electron chi connectivity index (χ3n) is 3.42. The van der Waals surface area contributed by atoms with E-state index >= 15 is 0 Å². The van der Waals surface area contributed by atoms with Crippen LogP contribution in [0.4, 0.5) is 15.9 Å². The summed E-state index contributed by atoms with van der Waals surface area (Å²) in [6, 6.07) is 6.39. The molecule has 3 heterocycles. The average Bonchev–Trinajstić information content (AvgIpc) is 2.88. The van der Waals surface area contributed by atoms with Crippen LogP contribution in [0.25, 0.3) is 10.9 Å². The Morgan fingerprint density at radius 2 is 2.35 bits per heavy atom. The fraction of sp³-hybridized carbons (Fsp3) is 0.200. The van der Waals surface area contributed by atoms with Gasteiger partial charge in [0.15, 0.2) is 5.82 Å². The lowest BCUT2D eigenvalue weighted by Gasteiger charge is -2.08. The Kier molecular flexibility index (Phi) is 3.76. The number of H-pyrrole nitrogens is 1. The number of nitriles is 1. The number of halogens is 1. The fourth-order valence-corrected chi connectivity index (χ4v) is 2.36. The molecular formula is C15H13FN6O. The van der Waals surface area contributed by atoms with Crippen molar-refractivity contribution in [1.29, 1.82) is 5.26 Å². The molecule has 0 fully saturated rings. The Morgan fingerprint density at radius 1 is 1.52 bits per heavy atom. The van der Waals surface area contributed by atoms with E-state index in [2.05, 4.69) is 26.5 Å². The van der Waals surface area contributed by atoms with Crippen LogP contribution >= 0.6 is 0 Å². The molecule has 0 radical (unpaired) electrons. The van der Waals surface area contributed by atoms with Crippen molar-refractivity contribution in [2.75, 3.05) is 5.32 Å².